The lowest BCUT2D eigenvalue weighted by atomic mass is 10.1. The molecule has 2 rings (SSSR count). The smallest absolute Gasteiger partial charge is 0.238 e. The number of ether oxygens (including phenoxy) is 1. The van der Waals surface area contributed by atoms with Crippen LogP contribution in [0.3, 0.4) is 0 Å². The van der Waals surface area contributed by atoms with Crippen molar-refractivity contribution < 1.29 is 13.2 Å². The van der Waals surface area contributed by atoms with E-state index in [0.29, 0.717) is 0 Å². The summed E-state index contributed by atoms with van der Waals surface area (Å²) in [7, 11) is -3.61. The zero-order chi connectivity index (χ0) is 12.5. The van der Waals surface area contributed by atoms with Crippen LogP contribution in [0.4, 0.5) is 5.69 Å². The molecule has 0 bridgehead atoms. The number of benzene rings is 1. The van der Waals surface area contributed by atoms with Crippen molar-refractivity contribution in [1.82, 2.24) is 0 Å². The molecule has 2 unspecified atom stereocenters. The fourth-order valence-corrected chi connectivity index (χ4v) is 2.39. The van der Waals surface area contributed by atoms with Crippen LogP contribution in [0.2, 0.25) is 0 Å². The Balaban J connectivity index is 2.08. The van der Waals surface area contributed by atoms with Crippen molar-refractivity contribution in [2.45, 2.75) is 30.4 Å². The topological polar surface area (TPSA) is 81.4 Å². The highest BCUT2D eigenvalue weighted by molar-refractivity contribution is 7.89. The molecule has 0 radical (unpaired) electrons. The van der Waals surface area contributed by atoms with Crippen molar-refractivity contribution in [3.63, 3.8) is 0 Å². The Labute approximate surface area is 101 Å². The second-order valence-electron chi connectivity index (χ2n) is 4.18. The van der Waals surface area contributed by atoms with E-state index in [-0.39, 0.29) is 17.0 Å². The predicted molar refractivity (Wildman–Crippen MR) is 65.3 cm³/mol. The number of nitrogens with one attached hydrogen (secondary N) is 1. The molecular formula is C11H16N2O3S. The standard InChI is InChI=1S/C11H16N2O3S/c1-8-11(6-7-16-8)13-9-2-4-10(5-3-9)17(12,14)15/h2-5,8,11,13H,6-7H2,1H3,(H2,12,14,15). The quantitative estimate of drug-likeness (QED) is 0.842. The molecule has 17 heavy (non-hydrogen) atoms. The Morgan fingerprint density at radius 1 is 1.35 bits per heavy atom. The molecule has 3 N–H and O–H groups in total. The van der Waals surface area contributed by atoms with E-state index < -0.39 is 10.0 Å². The van der Waals surface area contributed by atoms with Crippen molar-refractivity contribution in [2.75, 3.05) is 11.9 Å². The number of nitrogens with two attached hydrogens (primary N) is 1. The van der Waals surface area contributed by atoms with Gasteiger partial charge in [0.25, 0.3) is 0 Å². The third-order valence-electron chi connectivity index (χ3n) is 2.91. The highest BCUT2D eigenvalue weighted by atomic mass is 32.2. The van der Waals surface area contributed by atoms with Crippen LogP contribution in [-0.4, -0.2) is 27.2 Å². The SMILES string of the molecule is CC1OCCC1Nc1ccc(S(N)(=O)=O)cc1. The van der Waals surface area contributed by atoms with E-state index in [1.807, 2.05) is 6.92 Å². The molecule has 1 fully saturated rings. The van der Waals surface area contributed by atoms with Gasteiger partial charge in [0.1, 0.15) is 0 Å². The van der Waals surface area contributed by atoms with Crippen molar-refractivity contribution in [3.8, 4) is 0 Å². The largest absolute Gasteiger partial charge is 0.380 e. The zero-order valence-corrected chi connectivity index (χ0v) is 10.4. The minimum absolute atomic E-state index is 0.124. The Morgan fingerprint density at radius 2 is 2.00 bits per heavy atom. The molecule has 2 atom stereocenters. The average Bonchev–Trinajstić information content (AvgIpc) is 2.64. The number of primary sulfonamides is 1. The van der Waals surface area contributed by atoms with Gasteiger partial charge in [-0.3, -0.25) is 0 Å². The van der Waals surface area contributed by atoms with Crippen molar-refractivity contribution in [2.24, 2.45) is 5.14 Å². The van der Waals surface area contributed by atoms with Gasteiger partial charge >= 0.3 is 0 Å². The van der Waals surface area contributed by atoms with E-state index in [4.69, 9.17) is 9.88 Å². The fourth-order valence-electron chi connectivity index (χ4n) is 1.88. The van der Waals surface area contributed by atoms with E-state index >= 15 is 0 Å². The van der Waals surface area contributed by atoms with Gasteiger partial charge in [-0.15, -0.1) is 0 Å². The number of hydrogen-bond acceptors (Lipinski definition) is 4. The minimum Gasteiger partial charge on any atom is -0.380 e. The van der Waals surface area contributed by atoms with Gasteiger partial charge in [0.05, 0.1) is 17.0 Å². The third-order valence-corrected chi connectivity index (χ3v) is 3.84. The lowest BCUT2D eigenvalue weighted by Crippen LogP contribution is -2.26. The van der Waals surface area contributed by atoms with Gasteiger partial charge in [-0.2, -0.15) is 0 Å². The average molecular weight is 256 g/mol. The lowest BCUT2D eigenvalue weighted by molar-refractivity contribution is 0.121. The maximum Gasteiger partial charge on any atom is 0.238 e. The van der Waals surface area contributed by atoms with Crippen molar-refractivity contribution in [1.29, 1.82) is 0 Å². The maximum absolute atomic E-state index is 11.1. The molecule has 1 aliphatic rings. The summed E-state index contributed by atoms with van der Waals surface area (Å²) in [5.74, 6) is 0. The first-order valence-corrected chi connectivity index (χ1v) is 7.02. The summed E-state index contributed by atoms with van der Waals surface area (Å²) in [6.07, 6.45) is 1.13. The van der Waals surface area contributed by atoms with Gasteiger partial charge in [0.15, 0.2) is 0 Å². The molecular weight excluding hydrogens is 240 g/mol. The highest BCUT2D eigenvalue weighted by Crippen LogP contribution is 2.19. The van der Waals surface area contributed by atoms with Crippen molar-refractivity contribution >= 4 is 15.7 Å². The van der Waals surface area contributed by atoms with Crippen LogP contribution in [0.25, 0.3) is 0 Å². The summed E-state index contributed by atoms with van der Waals surface area (Å²) in [6.45, 7) is 2.78. The lowest BCUT2D eigenvalue weighted by Gasteiger charge is -2.17. The first-order valence-electron chi connectivity index (χ1n) is 5.48. The summed E-state index contributed by atoms with van der Waals surface area (Å²) < 4.78 is 27.6. The number of rotatable bonds is 3. The fraction of sp³-hybridized carbons (Fsp3) is 0.455. The Morgan fingerprint density at radius 3 is 2.47 bits per heavy atom. The number of sulfonamides is 1. The minimum atomic E-state index is -3.61. The Kier molecular flexibility index (Phi) is 3.37. The summed E-state index contributed by atoms with van der Waals surface area (Å²) in [5.41, 5.74) is 0.875. The monoisotopic (exact) mass is 256 g/mol. The Hall–Kier alpha value is -1.11. The zero-order valence-electron chi connectivity index (χ0n) is 9.59. The van der Waals surface area contributed by atoms with Gasteiger partial charge in [0, 0.05) is 12.3 Å². The molecule has 0 saturated carbocycles. The molecule has 1 aliphatic heterocycles. The molecule has 94 valence electrons. The molecule has 0 spiro atoms. The summed E-state index contributed by atoms with van der Waals surface area (Å²) >= 11 is 0. The molecule has 1 aromatic carbocycles. The van der Waals surface area contributed by atoms with Gasteiger partial charge in [-0.05, 0) is 37.6 Å². The van der Waals surface area contributed by atoms with E-state index in [1.54, 1.807) is 12.1 Å². The Bertz CT molecular complexity index is 484. The summed E-state index contributed by atoms with van der Waals surface area (Å²) in [5, 5.41) is 8.33. The normalized spacial score (nSPS) is 24.8. The predicted octanol–water partition coefficient (Wildman–Crippen LogP) is 0.923. The summed E-state index contributed by atoms with van der Waals surface area (Å²) in [6, 6.07) is 6.70. The molecule has 5 nitrogen and oxygen atoms in total. The third kappa shape index (κ3) is 2.96. The first kappa shape index (κ1) is 12.3. The van der Waals surface area contributed by atoms with E-state index in [0.717, 1.165) is 18.7 Å². The number of hydrogen-bond donors (Lipinski definition) is 2. The second kappa shape index (κ2) is 4.64. The molecule has 0 amide bonds. The van der Waals surface area contributed by atoms with Crippen LogP contribution in [0.1, 0.15) is 13.3 Å². The second-order valence-corrected chi connectivity index (χ2v) is 5.75. The van der Waals surface area contributed by atoms with Gasteiger partial charge < -0.3 is 10.1 Å². The first-order chi connectivity index (χ1) is 7.97. The van der Waals surface area contributed by atoms with Crippen LogP contribution >= 0.6 is 0 Å². The van der Waals surface area contributed by atoms with Crippen LogP contribution < -0.4 is 10.5 Å². The van der Waals surface area contributed by atoms with Gasteiger partial charge in [0.2, 0.25) is 10.0 Å². The molecule has 1 aromatic rings. The van der Waals surface area contributed by atoms with Crippen LogP contribution in [0.15, 0.2) is 29.2 Å². The summed E-state index contributed by atoms with van der Waals surface area (Å²) in [4.78, 5) is 0.124. The van der Waals surface area contributed by atoms with Gasteiger partial charge in [-0.25, -0.2) is 13.6 Å². The van der Waals surface area contributed by atoms with Crippen LogP contribution in [0, 0.1) is 0 Å². The van der Waals surface area contributed by atoms with E-state index in [9.17, 15) is 8.42 Å². The maximum atomic E-state index is 11.1. The molecule has 6 heteroatoms. The molecule has 0 aliphatic carbocycles. The van der Waals surface area contributed by atoms with Crippen LogP contribution in [0.5, 0.6) is 0 Å². The van der Waals surface area contributed by atoms with E-state index in [1.165, 1.54) is 12.1 Å². The molecule has 1 saturated heterocycles. The molecule has 0 aromatic heterocycles. The van der Waals surface area contributed by atoms with E-state index in [2.05, 4.69) is 5.32 Å². The molecule has 1 heterocycles. The van der Waals surface area contributed by atoms with Crippen molar-refractivity contribution in [3.05, 3.63) is 24.3 Å². The number of anilines is 1. The van der Waals surface area contributed by atoms with Crippen LogP contribution in [-0.2, 0) is 14.8 Å². The highest BCUT2D eigenvalue weighted by Gasteiger charge is 2.23. The van der Waals surface area contributed by atoms with Gasteiger partial charge in [-0.1, -0.05) is 0 Å².